The highest BCUT2D eigenvalue weighted by atomic mass is 32.1. The van der Waals surface area contributed by atoms with E-state index in [2.05, 4.69) is 5.10 Å². The molecule has 0 N–H and O–H groups in total. The van der Waals surface area contributed by atoms with Crippen molar-refractivity contribution in [2.45, 2.75) is 6.92 Å². The highest BCUT2D eigenvalue weighted by Crippen LogP contribution is 2.08. The van der Waals surface area contributed by atoms with E-state index in [1.807, 2.05) is 49.0 Å². The van der Waals surface area contributed by atoms with Gasteiger partial charge in [0.05, 0.1) is 0 Å². The maximum atomic E-state index is 5.22. The molecule has 0 fully saturated rings. The van der Waals surface area contributed by atoms with Gasteiger partial charge < -0.3 is 12.6 Å². The fourth-order valence-corrected chi connectivity index (χ4v) is 2.10. The quantitative estimate of drug-likeness (QED) is 0.336. The zero-order valence-electron chi connectivity index (χ0n) is 8.25. The van der Waals surface area contributed by atoms with Crippen LogP contribution >= 0.6 is 11.3 Å². The number of hydrogen-bond acceptors (Lipinski definition) is 3. The smallest absolute Gasteiger partial charge is 0.205 e. The molecule has 0 aliphatic rings. The van der Waals surface area contributed by atoms with E-state index < -0.39 is 0 Å². The van der Waals surface area contributed by atoms with Crippen LogP contribution in [-0.2, 0) is 12.6 Å². The van der Waals surface area contributed by atoms with Crippen molar-refractivity contribution in [1.82, 2.24) is 0 Å². The number of hydrogen-bond donors (Lipinski definition) is 0. The largest absolute Gasteiger partial charge is 0.753 e. The van der Waals surface area contributed by atoms with Crippen LogP contribution in [0, 0.1) is 6.92 Å². The summed E-state index contributed by atoms with van der Waals surface area (Å²) in [5.41, 5.74) is 1.16. The number of pyridine rings is 1. The van der Waals surface area contributed by atoms with Gasteiger partial charge in [-0.05, 0) is 29.5 Å². The third-order valence-corrected chi connectivity index (χ3v) is 3.18. The molecule has 2 heterocycles. The molecule has 0 aliphatic heterocycles. The van der Waals surface area contributed by atoms with Crippen molar-refractivity contribution < 1.29 is 4.68 Å². The lowest BCUT2D eigenvalue weighted by molar-refractivity contribution is -0.678. The molecule has 0 amide bonds. The van der Waals surface area contributed by atoms with Gasteiger partial charge in [-0.1, -0.05) is 10.7 Å². The molecule has 0 unspecified atom stereocenters. The predicted octanol–water partition coefficient (Wildman–Crippen LogP) is 2.10. The standard InChI is InChI=1S/C11H10N2S2/c1-9-4-2-6-13(8-9)12-11(14)10-5-3-7-15-10/h2-8H,1H3. The van der Waals surface area contributed by atoms with Crippen LogP contribution in [0.3, 0.4) is 0 Å². The first-order valence-corrected chi connectivity index (χ1v) is 5.82. The summed E-state index contributed by atoms with van der Waals surface area (Å²) in [5.74, 6) is 0. The number of nitrogens with zero attached hydrogens (tertiary/aromatic N) is 2. The fraction of sp³-hybridized carbons (Fsp3) is 0.0909. The lowest BCUT2D eigenvalue weighted by Gasteiger charge is -2.02. The molecule has 0 aromatic carbocycles. The molecule has 15 heavy (non-hydrogen) atoms. The molecule has 2 aromatic rings. The van der Waals surface area contributed by atoms with E-state index in [9.17, 15) is 0 Å². The topological polar surface area (TPSA) is 16.2 Å². The third-order valence-electron chi connectivity index (χ3n) is 1.87. The average molecular weight is 234 g/mol. The number of aromatic nitrogens is 1. The van der Waals surface area contributed by atoms with E-state index >= 15 is 0 Å². The maximum Gasteiger partial charge on any atom is 0.205 e. The van der Waals surface area contributed by atoms with Crippen molar-refractivity contribution in [3.05, 3.63) is 52.5 Å². The minimum atomic E-state index is 0.626. The van der Waals surface area contributed by atoms with Gasteiger partial charge in [0.1, 0.15) is 0 Å². The van der Waals surface area contributed by atoms with Crippen LogP contribution in [0.2, 0.25) is 0 Å². The third kappa shape index (κ3) is 2.61. The Hall–Kier alpha value is -1.26. The monoisotopic (exact) mass is 234 g/mol. The van der Waals surface area contributed by atoms with Crippen molar-refractivity contribution in [2.75, 3.05) is 0 Å². The minimum Gasteiger partial charge on any atom is -0.753 e. The Balaban J connectivity index is 2.31. The van der Waals surface area contributed by atoms with Gasteiger partial charge in [-0.25, -0.2) is 0 Å². The zero-order chi connectivity index (χ0) is 10.7. The zero-order valence-corrected chi connectivity index (χ0v) is 9.89. The second kappa shape index (κ2) is 4.51. The summed E-state index contributed by atoms with van der Waals surface area (Å²) in [4.78, 5) is 1.03. The molecule has 0 bridgehead atoms. The molecule has 0 aliphatic carbocycles. The molecule has 4 heteroatoms. The van der Waals surface area contributed by atoms with Gasteiger partial charge >= 0.3 is 0 Å². The van der Waals surface area contributed by atoms with E-state index in [1.165, 1.54) is 0 Å². The normalized spacial score (nSPS) is 11.7. The first-order valence-electron chi connectivity index (χ1n) is 4.53. The highest BCUT2D eigenvalue weighted by molar-refractivity contribution is 7.78. The number of thiophene rings is 1. The van der Waals surface area contributed by atoms with E-state index in [0.29, 0.717) is 5.04 Å². The predicted molar refractivity (Wildman–Crippen MR) is 65.0 cm³/mol. The molecule has 0 saturated carbocycles. The van der Waals surface area contributed by atoms with Crippen LogP contribution in [0.1, 0.15) is 10.4 Å². The summed E-state index contributed by atoms with van der Waals surface area (Å²) in [6.45, 7) is 2.03. The molecule has 0 spiro atoms. The van der Waals surface area contributed by atoms with Crippen LogP contribution in [0.5, 0.6) is 0 Å². The molecular formula is C11H10N2S2. The SMILES string of the molecule is Cc1ccc[n+](/N=C(/[S-])c2cccs2)c1. The van der Waals surface area contributed by atoms with Gasteiger partial charge in [-0.15, -0.1) is 11.3 Å². The molecule has 0 radical (unpaired) electrons. The molecule has 0 saturated heterocycles. The van der Waals surface area contributed by atoms with Gasteiger partial charge in [-0.2, -0.15) is 0 Å². The average Bonchev–Trinajstić information content (AvgIpc) is 2.70. The summed E-state index contributed by atoms with van der Waals surface area (Å²) in [7, 11) is 0. The van der Waals surface area contributed by atoms with E-state index in [1.54, 1.807) is 16.0 Å². The molecule has 76 valence electrons. The first-order chi connectivity index (χ1) is 7.25. The van der Waals surface area contributed by atoms with Gasteiger partial charge in [0.25, 0.3) is 0 Å². The van der Waals surface area contributed by atoms with E-state index in [4.69, 9.17) is 12.6 Å². The van der Waals surface area contributed by atoms with Gasteiger partial charge in [-0.3, -0.25) is 0 Å². The van der Waals surface area contributed by atoms with Crippen LogP contribution in [-0.4, -0.2) is 5.04 Å². The molecule has 2 nitrogen and oxygen atoms in total. The maximum absolute atomic E-state index is 5.22. The lowest BCUT2D eigenvalue weighted by atomic mass is 10.3. The summed E-state index contributed by atoms with van der Waals surface area (Å²) in [6.07, 6.45) is 3.83. The minimum absolute atomic E-state index is 0.626. The molecule has 2 aromatic heterocycles. The molecular weight excluding hydrogens is 224 g/mol. The summed E-state index contributed by atoms with van der Waals surface area (Å²) in [6, 6.07) is 7.94. The summed E-state index contributed by atoms with van der Waals surface area (Å²) >= 11 is 6.83. The Morgan fingerprint density at radius 2 is 2.27 bits per heavy atom. The van der Waals surface area contributed by atoms with Crippen molar-refractivity contribution in [1.29, 1.82) is 0 Å². The summed E-state index contributed by atoms with van der Waals surface area (Å²) < 4.78 is 1.75. The Morgan fingerprint density at radius 3 is 2.93 bits per heavy atom. The Bertz CT molecular complexity index is 475. The van der Waals surface area contributed by atoms with E-state index in [-0.39, 0.29) is 0 Å². The van der Waals surface area contributed by atoms with Crippen molar-refractivity contribution >= 4 is 29.0 Å². The Morgan fingerprint density at radius 1 is 1.40 bits per heavy atom. The Labute approximate surface area is 98.3 Å². The molecule has 0 atom stereocenters. The van der Waals surface area contributed by atoms with Gasteiger partial charge in [0, 0.05) is 21.6 Å². The number of rotatable bonds is 2. The van der Waals surface area contributed by atoms with Gasteiger partial charge in [0.15, 0.2) is 0 Å². The first kappa shape index (κ1) is 10.3. The van der Waals surface area contributed by atoms with Crippen molar-refractivity contribution in [2.24, 2.45) is 5.10 Å². The van der Waals surface area contributed by atoms with Crippen LogP contribution in [0.15, 0.2) is 47.1 Å². The van der Waals surface area contributed by atoms with E-state index in [0.717, 1.165) is 10.4 Å². The Kier molecular flexibility index (Phi) is 3.08. The number of aryl methyl sites for hydroxylation is 1. The fourth-order valence-electron chi connectivity index (χ4n) is 1.19. The van der Waals surface area contributed by atoms with Crippen molar-refractivity contribution in [3.8, 4) is 0 Å². The van der Waals surface area contributed by atoms with Crippen LogP contribution < -0.4 is 4.68 Å². The molecule has 2 rings (SSSR count). The van der Waals surface area contributed by atoms with Gasteiger partial charge in [0.2, 0.25) is 12.4 Å². The van der Waals surface area contributed by atoms with Crippen LogP contribution in [0.4, 0.5) is 0 Å². The summed E-state index contributed by atoms with van der Waals surface area (Å²) in [5, 5.41) is 6.94. The van der Waals surface area contributed by atoms with Crippen molar-refractivity contribution in [3.63, 3.8) is 0 Å². The lowest BCUT2D eigenvalue weighted by Crippen LogP contribution is -2.28. The second-order valence-corrected chi connectivity index (χ2v) is 4.48. The highest BCUT2D eigenvalue weighted by Gasteiger charge is 1.98. The van der Waals surface area contributed by atoms with Crippen LogP contribution in [0.25, 0.3) is 0 Å². The second-order valence-electron chi connectivity index (χ2n) is 3.14.